The number of hydrogen-bond acceptors (Lipinski definition) is 6. The molecule has 1 unspecified atom stereocenters. The second kappa shape index (κ2) is 7.34. The molecule has 0 N–H and O–H groups in total. The van der Waals surface area contributed by atoms with E-state index in [1.165, 1.54) is 12.1 Å². The Morgan fingerprint density at radius 1 is 1.44 bits per heavy atom. The van der Waals surface area contributed by atoms with Crippen molar-refractivity contribution in [2.24, 2.45) is 0 Å². The van der Waals surface area contributed by atoms with E-state index in [1.807, 2.05) is 0 Å². The highest BCUT2D eigenvalue weighted by atomic mass is 19.1. The lowest BCUT2D eigenvalue weighted by Crippen LogP contribution is -2.49. The van der Waals surface area contributed by atoms with Crippen molar-refractivity contribution in [3.8, 4) is 0 Å². The van der Waals surface area contributed by atoms with Crippen LogP contribution >= 0.6 is 0 Å². The third-order valence-corrected chi connectivity index (χ3v) is 5.44. The summed E-state index contributed by atoms with van der Waals surface area (Å²) >= 11 is 0. The van der Waals surface area contributed by atoms with E-state index in [4.69, 9.17) is 9.26 Å². The van der Waals surface area contributed by atoms with Crippen molar-refractivity contribution in [1.29, 1.82) is 0 Å². The summed E-state index contributed by atoms with van der Waals surface area (Å²) in [7, 11) is 1.66. The van der Waals surface area contributed by atoms with Gasteiger partial charge in [-0.3, -0.25) is 4.79 Å². The Balaban J connectivity index is 1.58. The number of aromatic nitrogens is 3. The zero-order valence-corrected chi connectivity index (χ0v) is 15.4. The standard InChI is InChI=1S/C19H23FN4O3/c1-26-10-8-19(18-22-16(27-23-18)13-3-4-13)7-2-9-24(12-19)17(25)15-6-5-14(20)11-21-15/h5-6,11,13H,2-4,7-10,12H2,1H3. The maximum atomic E-state index is 13.1. The van der Waals surface area contributed by atoms with Gasteiger partial charge in [0, 0.05) is 32.7 Å². The molecule has 0 spiro atoms. The first-order valence-electron chi connectivity index (χ1n) is 9.35. The Bertz CT molecular complexity index is 806. The van der Waals surface area contributed by atoms with E-state index in [2.05, 4.69) is 15.1 Å². The van der Waals surface area contributed by atoms with Gasteiger partial charge < -0.3 is 14.2 Å². The van der Waals surface area contributed by atoms with Gasteiger partial charge >= 0.3 is 0 Å². The highest BCUT2D eigenvalue weighted by Crippen LogP contribution is 2.41. The second-order valence-corrected chi connectivity index (χ2v) is 7.45. The molecule has 1 aliphatic heterocycles. The van der Waals surface area contributed by atoms with Crippen molar-refractivity contribution in [3.05, 3.63) is 41.6 Å². The van der Waals surface area contributed by atoms with Gasteiger partial charge in [0.1, 0.15) is 11.5 Å². The number of halogens is 1. The summed E-state index contributed by atoms with van der Waals surface area (Å²) in [6, 6.07) is 2.67. The van der Waals surface area contributed by atoms with E-state index in [1.54, 1.807) is 12.0 Å². The first-order valence-corrected chi connectivity index (χ1v) is 9.35. The van der Waals surface area contributed by atoms with Crippen LogP contribution in [0.5, 0.6) is 0 Å². The Labute approximate surface area is 156 Å². The summed E-state index contributed by atoms with van der Waals surface area (Å²) in [6.07, 6.45) is 5.63. The molecule has 1 amide bonds. The molecule has 27 heavy (non-hydrogen) atoms. The molecule has 1 saturated heterocycles. The van der Waals surface area contributed by atoms with Gasteiger partial charge in [-0.1, -0.05) is 5.16 Å². The van der Waals surface area contributed by atoms with E-state index in [0.29, 0.717) is 43.8 Å². The van der Waals surface area contributed by atoms with Crippen LogP contribution in [0.2, 0.25) is 0 Å². The molecular weight excluding hydrogens is 351 g/mol. The van der Waals surface area contributed by atoms with Crippen LogP contribution < -0.4 is 0 Å². The quantitative estimate of drug-likeness (QED) is 0.773. The zero-order chi connectivity index (χ0) is 18.9. The summed E-state index contributed by atoms with van der Waals surface area (Å²) < 4.78 is 23.9. The van der Waals surface area contributed by atoms with E-state index in [9.17, 15) is 9.18 Å². The summed E-state index contributed by atoms with van der Waals surface area (Å²) in [5.41, 5.74) is -0.161. The van der Waals surface area contributed by atoms with Gasteiger partial charge in [0.2, 0.25) is 5.89 Å². The molecule has 1 aliphatic carbocycles. The summed E-state index contributed by atoms with van der Waals surface area (Å²) in [6.45, 7) is 1.64. The minimum Gasteiger partial charge on any atom is -0.385 e. The van der Waals surface area contributed by atoms with Crippen LogP contribution in [-0.2, 0) is 10.2 Å². The number of carbonyl (C=O) groups is 1. The van der Waals surface area contributed by atoms with E-state index in [0.717, 1.165) is 31.9 Å². The average molecular weight is 374 g/mol. The second-order valence-electron chi connectivity index (χ2n) is 7.45. The zero-order valence-electron chi connectivity index (χ0n) is 15.4. The number of amides is 1. The van der Waals surface area contributed by atoms with Crippen LogP contribution in [0.3, 0.4) is 0 Å². The van der Waals surface area contributed by atoms with Crippen LogP contribution in [0.1, 0.15) is 60.2 Å². The van der Waals surface area contributed by atoms with Crippen molar-refractivity contribution in [2.75, 3.05) is 26.8 Å². The highest BCUT2D eigenvalue weighted by Gasteiger charge is 2.43. The van der Waals surface area contributed by atoms with Gasteiger partial charge in [0.15, 0.2) is 5.82 Å². The molecular formula is C19H23FN4O3. The third kappa shape index (κ3) is 3.71. The number of nitrogens with zero attached hydrogens (tertiary/aromatic N) is 4. The highest BCUT2D eigenvalue weighted by molar-refractivity contribution is 5.92. The Morgan fingerprint density at radius 3 is 3.00 bits per heavy atom. The Morgan fingerprint density at radius 2 is 2.30 bits per heavy atom. The molecule has 1 atom stereocenters. The number of pyridine rings is 1. The lowest BCUT2D eigenvalue weighted by molar-refractivity contribution is 0.0561. The Hall–Kier alpha value is -2.35. The molecule has 2 aromatic rings. The maximum absolute atomic E-state index is 13.1. The fourth-order valence-electron chi connectivity index (χ4n) is 3.71. The number of rotatable bonds is 6. The number of carbonyl (C=O) groups excluding carboxylic acids is 1. The molecule has 144 valence electrons. The van der Waals surface area contributed by atoms with Crippen LogP contribution in [0.4, 0.5) is 4.39 Å². The molecule has 7 nitrogen and oxygen atoms in total. The van der Waals surface area contributed by atoms with Crippen molar-refractivity contribution in [3.63, 3.8) is 0 Å². The molecule has 2 aromatic heterocycles. The topological polar surface area (TPSA) is 81.4 Å². The van der Waals surface area contributed by atoms with Crippen molar-refractivity contribution in [2.45, 2.75) is 43.4 Å². The summed E-state index contributed by atoms with van der Waals surface area (Å²) in [4.78, 5) is 23.2. The normalized spacial score (nSPS) is 22.8. The van der Waals surface area contributed by atoms with Gasteiger partial charge in [-0.2, -0.15) is 4.98 Å². The van der Waals surface area contributed by atoms with E-state index >= 15 is 0 Å². The van der Waals surface area contributed by atoms with Gasteiger partial charge in [-0.15, -0.1) is 0 Å². The fraction of sp³-hybridized carbons (Fsp3) is 0.579. The number of ether oxygens (including phenoxy) is 1. The van der Waals surface area contributed by atoms with Crippen LogP contribution in [0.15, 0.2) is 22.9 Å². The van der Waals surface area contributed by atoms with Crippen molar-refractivity contribution >= 4 is 5.91 Å². The molecule has 4 rings (SSSR count). The van der Waals surface area contributed by atoms with Gasteiger partial charge in [0.05, 0.1) is 11.6 Å². The first kappa shape index (κ1) is 18.0. The number of methoxy groups -OCH3 is 1. The molecule has 2 aliphatic rings. The third-order valence-electron chi connectivity index (χ3n) is 5.44. The van der Waals surface area contributed by atoms with Crippen molar-refractivity contribution in [1.82, 2.24) is 20.0 Å². The number of likely N-dealkylation sites (tertiary alicyclic amines) is 1. The number of piperidine rings is 1. The van der Waals surface area contributed by atoms with Crippen LogP contribution in [0, 0.1) is 5.82 Å². The SMILES string of the molecule is COCCC1(c2noc(C3CC3)n2)CCCN(C(=O)c2ccc(F)cn2)C1. The molecule has 2 fully saturated rings. The Kier molecular flexibility index (Phi) is 4.90. The number of hydrogen-bond donors (Lipinski definition) is 0. The predicted molar refractivity (Wildman–Crippen MR) is 93.8 cm³/mol. The van der Waals surface area contributed by atoms with Crippen LogP contribution in [0.25, 0.3) is 0 Å². The molecule has 8 heteroatoms. The monoisotopic (exact) mass is 374 g/mol. The molecule has 0 radical (unpaired) electrons. The van der Waals surface area contributed by atoms with Gasteiger partial charge in [-0.05, 0) is 44.2 Å². The summed E-state index contributed by atoms with van der Waals surface area (Å²) in [5.74, 6) is 1.08. The van der Waals surface area contributed by atoms with Crippen LogP contribution in [-0.4, -0.2) is 52.7 Å². The predicted octanol–water partition coefficient (Wildman–Crippen LogP) is 2.69. The largest absolute Gasteiger partial charge is 0.385 e. The smallest absolute Gasteiger partial charge is 0.272 e. The molecule has 3 heterocycles. The van der Waals surface area contributed by atoms with Gasteiger partial charge in [0.25, 0.3) is 5.91 Å². The van der Waals surface area contributed by atoms with E-state index in [-0.39, 0.29) is 11.6 Å². The fourth-order valence-corrected chi connectivity index (χ4v) is 3.71. The first-order chi connectivity index (χ1) is 13.1. The summed E-state index contributed by atoms with van der Waals surface area (Å²) in [5, 5.41) is 4.26. The lowest BCUT2D eigenvalue weighted by Gasteiger charge is -2.40. The average Bonchev–Trinajstić information content (AvgIpc) is 3.43. The van der Waals surface area contributed by atoms with Crippen molar-refractivity contribution < 1.29 is 18.4 Å². The minimum absolute atomic E-state index is 0.206. The molecule has 0 aromatic carbocycles. The van der Waals surface area contributed by atoms with Gasteiger partial charge in [-0.25, -0.2) is 9.37 Å². The molecule has 1 saturated carbocycles. The maximum Gasteiger partial charge on any atom is 0.272 e. The molecule has 0 bridgehead atoms. The lowest BCUT2D eigenvalue weighted by atomic mass is 9.76. The van der Waals surface area contributed by atoms with E-state index < -0.39 is 11.2 Å². The minimum atomic E-state index is -0.459.